The number of anilines is 1. The number of benzene rings is 4. The summed E-state index contributed by atoms with van der Waals surface area (Å²) >= 11 is 0. The number of likely N-dealkylation sites (tertiary alicyclic amines) is 1. The molecule has 5 rings (SSSR count). The second-order valence-corrected chi connectivity index (χ2v) is 9.67. The third kappa shape index (κ3) is 7.39. The average molecular weight is 538 g/mol. The van der Waals surface area contributed by atoms with Crippen LogP contribution in [-0.2, 0) is 17.9 Å². The Bertz CT molecular complexity index is 1400. The summed E-state index contributed by atoms with van der Waals surface area (Å²) in [7, 11) is 0. The van der Waals surface area contributed by atoms with Crippen molar-refractivity contribution in [1.29, 1.82) is 0 Å². The summed E-state index contributed by atoms with van der Waals surface area (Å²) in [5.74, 6) is 1.23. The Morgan fingerprint density at radius 3 is 2.08 bits per heavy atom. The molecule has 204 valence electrons. The fraction of sp³-hybridized carbons (Fsp3) is 0.188. The molecule has 2 amide bonds. The molecule has 3 N–H and O–H groups in total. The van der Waals surface area contributed by atoms with E-state index in [9.17, 15) is 14.7 Å². The van der Waals surface area contributed by atoms with Gasteiger partial charge < -0.3 is 25.2 Å². The molecule has 0 aromatic heterocycles. The van der Waals surface area contributed by atoms with Gasteiger partial charge in [-0.25, -0.2) is 4.79 Å². The van der Waals surface area contributed by atoms with Crippen LogP contribution in [0.5, 0.6) is 17.2 Å². The second-order valence-electron chi connectivity index (χ2n) is 9.67. The smallest absolute Gasteiger partial charge is 0.321 e. The van der Waals surface area contributed by atoms with E-state index in [1.54, 1.807) is 24.3 Å². The van der Waals surface area contributed by atoms with Crippen LogP contribution in [0.2, 0.25) is 0 Å². The number of carbonyl (C=O) groups is 2. The molecule has 40 heavy (non-hydrogen) atoms. The highest BCUT2D eigenvalue weighted by atomic mass is 16.5. The van der Waals surface area contributed by atoms with Crippen LogP contribution in [0.1, 0.15) is 17.5 Å². The van der Waals surface area contributed by atoms with Gasteiger partial charge in [0.15, 0.2) is 0 Å². The van der Waals surface area contributed by atoms with E-state index in [1.807, 2.05) is 89.8 Å². The first-order valence-corrected chi connectivity index (χ1v) is 13.1. The van der Waals surface area contributed by atoms with Crippen molar-refractivity contribution in [3.8, 4) is 17.2 Å². The molecule has 1 aliphatic heterocycles. The maximum Gasteiger partial charge on any atom is 0.321 e. The molecular weight excluding hydrogens is 506 g/mol. The number of hydrogen-bond acceptors (Lipinski definition) is 5. The molecule has 0 saturated carbocycles. The minimum atomic E-state index is -0.901. The minimum Gasteiger partial charge on any atom is -0.489 e. The number of para-hydroxylation sites is 1. The summed E-state index contributed by atoms with van der Waals surface area (Å²) in [6, 6.07) is 32.8. The summed E-state index contributed by atoms with van der Waals surface area (Å²) in [6.07, 6.45) is 0.324. The quantitative estimate of drug-likeness (QED) is 0.233. The number of carbonyl (C=O) groups excluding carboxylic acids is 1. The molecule has 8 nitrogen and oxygen atoms in total. The Morgan fingerprint density at radius 1 is 0.775 bits per heavy atom. The van der Waals surface area contributed by atoms with E-state index in [1.165, 1.54) is 0 Å². The standard InChI is InChI=1S/C32H31N3O5/c36-31(37)30-19-26(34-32(38)33-25-13-17-29(18-14-25)40-28-9-5-2-6-10-28)21-35(30)20-23-11-15-27(16-12-23)39-22-24-7-3-1-4-8-24/h1-18,26,30H,19-22H2,(H,36,37)(H2,33,34,38)/t26-,30-/m0/s1. The molecular formula is C32H31N3O5. The molecule has 0 aliphatic carbocycles. The van der Waals surface area contributed by atoms with Crippen LogP contribution in [0.15, 0.2) is 109 Å². The van der Waals surface area contributed by atoms with Gasteiger partial charge >= 0.3 is 12.0 Å². The number of carboxylic acids is 1. The highest BCUT2D eigenvalue weighted by Gasteiger charge is 2.37. The number of rotatable bonds is 10. The van der Waals surface area contributed by atoms with Crippen molar-refractivity contribution in [2.24, 2.45) is 0 Å². The topological polar surface area (TPSA) is 100 Å². The van der Waals surface area contributed by atoms with Gasteiger partial charge in [-0.2, -0.15) is 0 Å². The first-order chi connectivity index (χ1) is 19.5. The van der Waals surface area contributed by atoms with Crippen molar-refractivity contribution in [2.45, 2.75) is 31.7 Å². The molecule has 2 atom stereocenters. The average Bonchev–Trinajstić information content (AvgIpc) is 3.37. The number of nitrogens with zero attached hydrogens (tertiary/aromatic N) is 1. The van der Waals surface area contributed by atoms with Crippen LogP contribution in [0.3, 0.4) is 0 Å². The molecule has 4 aromatic carbocycles. The van der Waals surface area contributed by atoms with Gasteiger partial charge in [-0.1, -0.05) is 60.7 Å². The maximum absolute atomic E-state index is 12.7. The van der Waals surface area contributed by atoms with Gasteiger partial charge in [0.25, 0.3) is 0 Å². The predicted molar refractivity (Wildman–Crippen MR) is 153 cm³/mol. The van der Waals surface area contributed by atoms with E-state index >= 15 is 0 Å². The van der Waals surface area contributed by atoms with E-state index in [0.29, 0.717) is 37.6 Å². The first-order valence-electron chi connectivity index (χ1n) is 13.1. The van der Waals surface area contributed by atoms with Crippen LogP contribution < -0.4 is 20.1 Å². The van der Waals surface area contributed by atoms with Gasteiger partial charge in [0.05, 0.1) is 0 Å². The third-order valence-electron chi connectivity index (χ3n) is 6.67. The molecule has 0 bridgehead atoms. The van der Waals surface area contributed by atoms with Crippen molar-refractivity contribution >= 4 is 17.7 Å². The molecule has 1 saturated heterocycles. The lowest BCUT2D eigenvalue weighted by molar-refractivity contribution is -0.142. The Morgan fingerprint density at radius 2 is 1.40 bits per heavy atom. The zero-order valence-corrected chi connectivity index (χ0v) is 21.9. The summed E-state index contributed by atoms with van der Waals surface area (Å²) < 4.78 is 11.6. The van der Waals surface area contributed by atoms with Gasteiger partial charge in [-0.15, -0.1) is 0 Å². The summed E-state index contributed by atoms with van der Waals surface area (Å²) in [4.78, 5) is 26.5. The fourth-order valence-corrected chi connectivity index (χ4v) is 4.69. The van der Waals surface area contributed by atoms with Gasteiger partial charge in [-0.05, 0) is 66.1 Å². The minimum absolute atomic E-state index is 0.296. The third-order valence-corrected chi connectivity index (χ3v) is 6.67. The summed E-state index contributed by atoms with van der Waals surface area (Å²) in [5, 5.41) is 15.5. The zero-order chi connectivity index (χ0) is 27.7. The van der Waals surface area contributed by atoms with Crippen LogP contribution in [0.25, 0.3) is 0 Å². The molecule has 0 spiro atoms. The van der Waals surface area contributed by atoms with E-state index < -0.39 is 12.0 Å². The Balaban J connectivity index is 1.11. The molecule has 0 unspecified atom stereocenters. The highest BCUT2D eigenvalue weighted by Crippen LogP contribution is 2.24. The number of urea groups is 1. The van der Waals surface area contributed by atoms with Gasteiger partial charge in [0, 0.05) is 24.8 Å². The van der Waals surface area contributed by atoms with Gasteiger partial charge in [-0.3, -0.25) is 9.69 Å². The lowest BCUT2D eigenvalue weighted by Crippen LogP contribution is -2.39. The number of aliphatic carboxylic acids is 1. The van der Waals surface area contributed by atoms with Crippen molar-refractivity contribution in [3.63, 3.8) is 0 Å². The lowest BCUT2D eigenvalue weighted by Gasteiger charge is -2.21. The van der Waals surface area contributed by atoms with Crippen molar-refractivity contribution in [1.82, 2.24) is 10.2 Å². The fourth-order valence-electron chi connectivity index (χ4n) is 4.69. The first kappa shape index (κ1) is 26.8. The largest absolute Gasteiger partial charge is 0.489 e. The number of hydrogen-bond donors (Lipinski definition) is 3. The Kier molecular flexibility index (Phi) is 8.58. The van der Waals surface area contributed by atoms with Gasteiger partial charge in [0.1, 0.15) is 29.9 Å². The van der Waals surface area contributed by atoms with Gasteiger partial charge in [0.2, 0.25) is 0 Å². The molecule has 0 radical (unpaired) electrons. The van der Waals surface area contributed by atoms with E-state index in [4.69, 9.17) is 9.47 Å². The highest BCUT2D eigenvalue weighted by molar-refractivity contribution is 5.89. The SMILES string of the molecule is O=C(Nc1ccc(Oc2ccccc2)cc1)N[C@H]1C[C@@H](C(=O)O)N(Cc2ccc(OCc3ccccc3)cc2)C1. The second kappa shape index (κ2) is 12.8. The molecule has 4 aromatic rings. The molecule has 1 aliphatic rings. The monoisotopic (exact) mass is 537 g/mol. The van der Waals surface area contributed by atoms with Crippen LogP contribution in [-0.4, -0.2) is 40.6 Å². The van der Waals surface area contributed by atoms with Crippen molar-refractivity contribution in [2.75, 3.05) is 11.9 Å². The maximum atomic E-state index is 12.7. The summed E-state index contributed by atoms with van der Waals surface area (Å²) in [6.45, 7) is 1.37. The zero-order valence-electron chi connectivity index (χ0n) is 21.9. The van der Waals surface area contributed by atoms with Crippen LogP contribution in [0, 0.1) is 0 Å². The number of carboxylic acid groups (broad SMARTS) is 1. The number of nitrogens with one attached hydrogen (secondary N) is 2. The molecule has 8 heteroatoms. The van der Waals surface area contributed by atoms with E-state index in [0.717, 1.165) is 22.6 Å². The lowest BCUT2D eigenvalue weighted by atomic mass is 10.1. The Hall–Kier alpha value is -4.82. The van der Waals surface area contributed by atoms with Crippen LogP contribution in [0.4, 0.5) is 10.5 Å². The molecule has 1 fully saturated rings. The van der Waals surface area contributed by atoms with Crippen molar-refractivity contribution in [3.05, 3.63) is 120 Å². The number of ether oxygens (including phenoxy) is 2. The van der Waals surface area contributed by atoms with E-state index in [2.05, 4.69) is 10.6 Å². The normalized spacial score (nSPS) is 16.7. The number of amides is 2. The Labute approximate surface area is 233 Å². The van der Waals surface area contributed by atoms with E-state index in [-0.39, 0.29) is 12.1 Å². The predicted octanol–water partition coefficient (Wildman–Crippen LogP) is 5.91. The van der Waals surface area contributed by atoms with Crippen LogP contribution >= 0.6 is 0 Å². The molecule has 1 heterocycles. The van der Waals surface area contributed by atoms with Crippen molar-refractivity contribution < 1.29 is 24.2 Å². The summed E-state index contributed by atoms with van der Waals surface area (Å²) in [5.41, 5.74) is 2.67.